The Morgan fingerprint density at radius 3 is 2.86 bits per heavy atom. The van der Waals surface area contributed by atoms with Gasteiger partial charge in [-0.05, 0) is 25.8 Å². The van der Waals surface area contributed by atoms with E-state index in [-0.39, 0.29) is 5.54 Å². The molecule has 0 fully saturated rings. The van der Waals surface area contributed by atoms with Gasteiger partial charge in [0.2, 0.25) is 0 Å². The van der Waals surface area contributed by atoms with Crippen molar-refractivity contribution in [2.45, 2.75) is 32.4 Å². The number of aromatic nitrogens is 2. The van der Waals surface area contributed by atoms with Crippen LogP contribution in [0.4, 0.5) is 0 Å². The second-order valence-electron chi connectivity index (χ2n) is 3.97. The first-order chi connectivity index (χ1) is 6.57. The van der Waals surface area contributed by atoms with Gasteiger partial charge in [-0.1, -0.05) is 0 Å². The molecular formula is C10H19N3O. The molecule has 1 aromatic rings. The smallest absolute Gasteiger partial charge is 0.0642 e. The summed E-state index contributed by atoms with van der Waals surface area (Å²) in [6.07, 6.45) is 4.69. The van der Waals surface area contributed by atoms with Crippen molar-refractivity contribution in [3.05, 3.63) is 18.0 Å². The summed E-state index contributed by atoms with van der Waals surface area (Å²) < 4.78 is 6.96. The van der Waals surface area contributed by atoms with E-state index in [2.05, 4.69) is 12.0 Å². The van der Waals surface area contributed by atoms with Crippen molar-refractivity contribution in [1.29, 1.82) is 0 Å². The largest absolute Gasteiger partial charge is 0.383 e. The molecule has 1 rings (SSSR count). The number of aryl methyl sites for hydroxylation is 1. The van der Waals surface area contributed by atoms with Gasteiger partial charge in [-0.2, -0.15) is 5.10 Å². The van der Waals surface area contributed by atoms with Crippen LogP contribution in [0.5, 0.6) is 0 Å². The Labute approximate surface area is 85.0 Å². The van der Waals surface area contributed by atoms with Crippen LogP contribution in [0, 0.1) is 0 Å². The van der Waals surface area contributed by atoms with Crippen LogP contribution in [0.3, 0.4) is 0 Å². The Hall–Kier alpha value is -0.870. The number of nitrogens with two attached hydrogens (primary N) is 1. The molecule has 0 spiro atoms. The second-order valence-corrected chi connectivity index (χ2v) is 3.97. The summed E-state index contributed by atoms with van der Waals surface area (Å²) in [5.41, 5.74) is 6.90. The molecule has 4 heteroatoms. The third-order valence-corrected chi connectivity index (χ3v) is 2.09. The summed E-state index contributed by atoms with van der Waals surface area (Å²) >= 11 is 0. The molecule has 1 aromatic heterocycles. The van der Waals surface area contributed by atoms with Gasteiger partial charge < -0.3 is 10.5 Å². The molecule has 4 nitrogen and oxygen atoms in total. The topological polar surface area (TPSA) is 53.1 Å². The third-order valence-electron chi connectivity index (χ3n) is 2.09. The van der Waals surface area contributed by atoms with Crippen molar-refractivity contribution in [3.63, 3.8) is 0 Å². The van der Waals surface area contributed by atoms with E-state index in [0.717, 1.165) is 18.5 Å². The molecular weight excluding hydrogens is 178 g/mol. The van der Waals surface area contributed by atoms with Gasteiger partial charge in [-0.15, -0.1) is 0 Å². The first kappa shape index (κ1) is 11.2. The zero-order chi connectivity index (χ0) is 10.6. The fourth-order valence-electron chi connectivity index (χ4n) is 1.52. The van der Waals surface area contributed by atoms with Crippen molar-refractivity contribution < 1.29 is 4.74 Å². The summed E-state index contributed by atoms with van der Waals surface area (Å²) in [4.78, 5) is 0. The molecule has 0 saturated carbocycles. The lowest BCUT2D eigenvalue weighted by Crippen LogP contribution is -2.43. The molecule has 0 amide bonds. The summed E-state index contributed by atoms with van der Waals surface area (Å²) in [6.45, 7) is 5.50. The van der Waals surface area contributed by atoms with E-state index in [1.807, 2.05) is 24.0 Å². The maximum absolute atomic E-state index is 6.05. The van der Waals surface area contributed by atoms with E-state index >= 15 is 0 Å². The number of hydrogen-bond donors (Lipinski definition) is 1. The van der Waals surface area contributed by atoms with E-state index in [1.54, 1.807) is 7.11 Å². The molecule has 14 heavy (non-hydrogen) atoms. The van der Waals surface area contributed by atoms with Crippen LogP contribution in [-0.2, 0) is 17.7 Å². The Morgan fingerprint density at radius 2 is 2.36 bits per heavy atom. The minimum Gasteiger partial charge on any atom is -0.383 e. The molecule has 0 aliphatic carbocycles. The minimum atomic E-state index is -0.309. The van der Waals surface area contributed by atoms with Crippen LogP contribution in [0.2, 0.25) is 0 Å². The maximum Gasteiger partial charge on any atom is 0.0642 e. The fourth-order valence-corrected chi connectivity index (χ4v) is 1.52. The number of ether oxygens (including phenoxy) is 1. The van der Waals surface area contributed by atoms with Gasteiger partial charge in [0.15, 0.2) is 0 Å². The average molecular weight is 197 g/mol. The first-order valence-electron chi connectivity index (χ1n) is 4.86. The molecule has 1 unspecified atom stereocenters. The summed E-state index contributed by atoms with van der Waals surface area (Å²) in [6, 6.07) is 0. The Morgan fingerprint density at radius 1 is 1.64 bits per heavy atom. The van der Waals surface area contributed by atoms with Crippen molar-refractivity contribution in [2.75, 3.05) is 13.7 Å². The second kappa shape index (κ2) is 4.57. The Kier molecular flexibility index (Phi) is 3.66. The van der Waals surface area contributed by atoms with Crippen LogP contribution in [-0.4, -0.2) is 29.0 Å². The highest BCUT2D eigenvalue weighted by atomic mass is 16.5. The van der Waals surface area contributed by atoms with Gasteiger partial charge in [0, 0.05) is 25.4 Å². The van der Waals surface area contributed by atoms with E-state index < -0.39 is 0 Å². The number of nitrogens with zero attached hydrogens (tertiary/aromatic N) is 2. The zero-order valence-electron chi connectivity index (χ0n) is 9.16. The lowest BCUT2D eigenvalue weighted by Gasteiger charge is -2.22. The monoisotopic (exact) mass is 197 g/mol. The quantitative estimate of drug-likeness (QED) is 0.760. The molecule has 0 saturated heterocycles. The van der Waals surface area contributed by atoms with Gasteiger partial charge >= 0.3 is 0 Å². The minimum absolute atomic E-state index is 0.309. The molecule has 0 aliphatic rings. The lowest BCUT2D eigenvalue weighted by atomic mass is 9.97. The van der Waals surface area contributed by atoms with Gasteiger partial charge in [0.25, 0.3) is 0 Å². The standard InChI is InChI=1S/C10H19N3O/c1-4-13-7-9(6-12-13)5-10(2,11)8-14-3/h6-7H,4-5,8,11H2,1-3H3. The molecule has 0 aromatic carbocycles. The number of hydrogen-bond acceptors (Lipinski definition) is 3. The van der Waals surface area contributed by atoms with Crippen LogP contribution < -0.4 is 5.73 Å². The SMILES string of the molecule is CCn1cc(CC(C)(N)COC)cn1. The van der Waals surface area contributed by atoms with Gasteiger partial charge in [-0.3, -0.25) is 4.68 Å². The molecule has 1 heterocycles. The van der Waals surface area contributed by atoms with E-state index in [1.165, 1.54) is 0 Å². The average Bonchev–Trinajstić information content (AvgIpc) is 2.51. The molecule has 1 atom stereocenters. The van der Waals surface area contributed by atoms with Crippen LogP contribution in [0.25, 0.3) is 0 Å². The van der Waals surface area contributed by atoms with Crippen molar-refractivity contribution in [1.82, 2.24) is 9.78 Å². The number of methoxy groups -OCH3 is 1. The van der Waals surface area contributed by atoms with Gasteiger partial charge in [0.1, 0.15) is 0 Å². The molecule has 0 bridgehead atoms. The molecule has 0 radical (unpaired) electrons. The maximum atomic E-state index is 6.05. The summed E-state index contributed by atoms with van der Waals surface area (Å²) in [7, 11) is 1.67. The van der Waals surface area contributed by atoms with E-state index in [0.29, 0.717) is 6.61 Å². The normalized spacial score (nSPS) is 15.4. The Bertz CT molecular complexity index is 281. The van der Waals surface area contributed by atoms with E-state index in [4.69, 9.17) is 10.5 Å². The predicted molar refractivity (Wildman–Crippen MR) is 56.1 cm³/mol. The molecule has 0 aliphatic heterocycles. The van der Waals surface area contributed by atoms with Crippen molar-refractivity contribution >= 4 is 0 Å². The van der Waals surface area contributed by atoms with Crippen LogP contribution >= 0.6 is 0 Å². The first-order valence-corrected chi connectivity index (χ1v) is 4.86. The van der Waals surface area contributed by atoms with E-state index in [9.17, 15) is 0 Å². The van der Waals surface area contributed by atoms with Crippen molar-refractivity contribution in [3.8, 4) is 0 Å². The zero-order valence-corrected chi connectivity index (χ0v) is 9.16. The van der Waals surface area contributed by atoms with Crippen LogP contribution in [0.1, 0.15) is 19.4 Å². The summed E-state index contributed by atoms with van der Waals surface area (Å²) in [5.74, 6) is 0. The lowest BCUT2D eigenvalue weighted by molar-refractivity contribution is 0.141. The van der Waals surface area contributed by atoms with Crippen molar-refractivity contribution in [2.24, 2.45) is 5.73 Å². The number of rotatable bonds is 5. The van der Waals surface area contributed by atoms with Gasteiger partial charge in [-0.25, -0.2) is 0 Å². The van der Waals surface area contributed by atoms with Crippen LogP contribution in [0.15, 0.2) is 12.4 Å². The predicted octanol–water partition coefficient (Wildman–Crippen LogP) is 0.809. The summed E-state index contributed by atoms with van der Waals surface area (Å²) in [5, 5.41) is 4.20. The molecule has 80 valence electrons. The third kappa shape index (κ3) is 3.12. The highest BCUT2D eigenvalue weighted by Gasteiger charge is 2.19. The van der Waals surface area contributed by atoms with Gasteiger partial charge in [0.05, 0.1) is 12.8 Å². The highest BCUT2D eigenvalue weighted by molar-refractivity contribution is 5.08. The molecule has 2 N–H and O–H groups in total. The fraction of sp³-hybridized carbons (Fsp3) is 0.700. The Balaban J connectivity index is 2.58. The highest BCUT2D eigenvalue weighted by Crippen LogP contribution is 2.10.